The van der Waals surface area contributed by atoms with Gasteiger partial charge in [0.05, 0.1) is 11.9 Å². The Morgan fingerprint density at radius 2 is 1.59 bits per heavy atom. The van der Waals surface area contributed by atoms with E-state index in [9.17, 15) is 13.2 Å². The highest BCUT2D eigenvalue weighted by molar-refractivity contribution is 7.92. The topological polar surface area (TPSA) is 66.5 Å². The number of aryl methyl sites for hydroxylation is 4. The molecule has 6 heteroatoms. The van der Waals surface area contributed by atoms with Gasteiger partial charge in [-0.2, -0.15) is 0 Å². The fourth-order valence-electron chi connectivity index (χ4n) is 3.05. The molecule has 1 amide bonds. The third-order valence-electron chi connectivity index (χ3n) is 4.33. The fraction of sp³-hybridized carbons (Fsp3) is 0.381. The van der Waals surface area contributed by atoms with Crippen LogP contribution in [0.2, 0.25) is 0 Å². The number of carbonyl (C=O) groups excluding carboxylic acids is 1. The van der Waals surface area contributed by atoms with E-state index in [4.69, 9.17) is 0 Å². The first-order valence-electron chi connectivity index (χ1n) is 8.99. The zero-order chi connectivity index (χ0) is 20.2. The van der Waals surface area contributed by atoms with E-state index >= 15 is 0 Å². The number of amides is 1. The van der Waals surface area contributed by atoms with E-state index in [1.54, 1.807) is 0 Å². The average molecular weight is 389 g/mol. The molecule has 0 saturated carbocycles. The summed E-state index contributed by atoms with van der Waals surface area (Å²) >= 11 is 0. The summed E-state index contributed by atoms with van der Waals surface area (Å²) in [6, 6.07) is 11.6. The molecule has 0 atom stereocenters. The fourth-order valence-corrected chi connectivity index (χ4v) is 4.00. The molecule has 0 aliphatic heterocycles. The second kappa shape index (κ2) is 8.57. The van der Waals surface area contributed by atoms with Crippen LogP contribution in [0.25, 0.3) is 0 Å². The number of nitrogens with zero attached hydrogens (tertiary/aromatic N) is 1. The first-order chi connectivity index (χ1) is 12.6. The summed E-state index contributed by atoms with van der Waals surface area (Å²) in [5.41, 5.74) is 5.53. The van der Waals surface area contributed by atoms with E-state index in [1.165, 1.54) is 10.6 Å². The summed E-state index contributed by atoms with van der Waals surface area (Å²) in [5, 5.41) is 2.91. The van der Waals surface area contributed by atoms with Crippen molar-refractivity contribution >= 4 is 27.3 Å². The number of benzene rings is 2. The minimum Gasteiger partial charge on any atom is -0.326 e. The molecule has 0 radical (unpaired) electrons. The summed E-state index contributed by atoms with van der Waals surface area (Å²) in [6.07, 6.45) is 1.89. The summed E-state index contributed by atoms with van der Waals surface area (Å²) in [5.74, 6) is -0.113. The van der Waals surface area contributed by atoms with Crippen LogP contribution in [-0.2, 0) is 14.8 Å². The molecular formula is C21H28N2O3S. The van der Waals surface area contributed by atoms with Gasteiger partial charge in [-0.25, -0.2) is 8.42 Å². The van der Waals surface area contributed by atoms with Crippen molar-refractivity contribution in [2.24, 2.45) is 0 Å². The Kier molecular flexibility index (Phi) is 6.65. The predicted octanol–water partition coefficient (Wildman–Crippen LogP) is 4.11. The number of carbonyl (C=O) groups is 1. The molecule has 0 aliphatic rings. The van der Waals surface area contributed by atoms with Crippen LogP contribution in [0.15, 0.2) is 36.4 Å². The van der Waals surface area contributed by atoms with Gasteiger partial charge in [0.2, 0.25) is 15.9 Å². The van der Waals surface area contributed by atoms with Crippen LogP contribution in [0.5, 0.6) is 0 Å². The lowest BCUT2D eigenvalue weighted by molar-refractivity contribution is -0.116. The van der Waals surface area contributed by atoms with Crippen molar-refractivity contribution in [1.82, 2.24) is 0 Å². The number of rotatable bonds is 7. The molecule has 2 aromatic carbocycles. The molecular weight excluding hydrogens is 360 g/mol. The highest BCUT2D eigenvalue weighted by Gasteiger charge is 2.18. The minimum atomic E-state index is -3.42. The lowest BCUT2D eigenvalue weighted by Gasteiger charge is -2.23. The van der Waals surface area contributed by atoms with Gasteiger partial charge in [-0.05, 0) is 74.6 Å². The van der Waals surface area contributed by atoms with Crippen molar-refractivity contribution < 1.29 is 13.2 Å². The lowest BCUT2D eigenvalue weighted by Crippen LogP contribution is -2.31. The lowest BCUT2D eigenvalue weighted by atomic mass is 10.1. The van der Waals surface area contributed by atoms with Gasteiger partial charge in [-0.1, -0.05) is 18.2 Å². The van der Waals surface area contributed by atoms with Gasteiger partial charge >= 0.3 is 0 Å². The van der Waals surface area contributed by atoms with E-state index < -0.39 is 10.0 Å². The Bertz CT molecular complexity index is 916. The van der Waals surface area contributed by atoms with Gasteiger partial charge in [0.15, 0.2) is 0 Å². The molecule has 2 aromatic rings. The van der Waals surface area contributed by atoms with E-state index in [0.717, 1.165) is 27.9 Å². The molecule has 0 heterocycles. The van der Waals surface area contributed by atoms with E-state index in [0.29, 0.717) is 12.1 Å². The maximum absolute atomic E-state index is 12.3. The SMILES string of the molecule is Cc1cc(C)cc(N(CCCC(=O)Nc2cc(C)ccc2C)S(C)(=O)=O)c1. The van der Waals surface area contributed by atoms with Crippen molar-refractivity contribution in [3.05, 3.63) is 58.7 Å². The van der Waals surface area contributed by atoms with Gasteiger partial charge in [0.1, 0.15) is 0 Å². The van der Waals surface area contributed by atoms with E-state index in [2.05, 4.69) is 5.32 Å². The number of hydrogen-bond donors (Lipinski definition) is 1. The van der Waals surface area contributed by atoms with Crippen molar-refractivity contribution in [2.45, 2.75) is 40.5 Å². The Morgan fingerprint density at radius 1 is 0.963 bits per heavy atom. The molecule has 0 spiro atoms. The van der Waals surface area contributed by atoms with Crippen LogP contribution < -0.4 is 9.62 Å². The smallest absolute Gasteiger partial charge is 0.232 e. The van der Waals surface area contributed by atoms with E-state index in [1.807, 2.05) is 64.1 Å². The normalized spacial score (nSPS) is 11.3. The highest BCUT2D eigenvalue weighted by atomic mass is 32.2. The third kappa shape index (κ3) is 6.10. The van der Waals surface area contributed by atoms with Crippen LogP contribution in [0.4, 0.5) is 11.4 Å². The second-order valence-corrected chi connectivity index (χ2v) is 9.06. The molecule has 0 aromatic heterocycles. The molecule has 27 heavy (non-hydrogen) atoms. The zero-order valence-corrected chi connectivity index (χ0v) is 17.5. The minimum absolute atomic E-state index is 0.113. The summed E-state index contributed by atoms with van der Waals surface area (Å²) in [7, 11) is -3.42. The summed E-state index contributed by atoms with van der Waals surface area (Å²) < 4.78 is 25.8. The molecule has 0 unspecified atom stereocenters. The van der Waals surface area contributed by atoms with Gasteiger partial charge in [0.25, 0.3) is 0 Å². The quantitative estimate of drug-likeness (QED) is 0.776. The standard InChI is InChI=1S/C21H28N2O3S/c1-15-8-9-18(4)20(14-15)22-21(24)7-6-10-23(27(5,25)26)19-12-16(2)11-17(3)13-19/h8-9,11-14H,6-7,10H2,1-5H3,(H,22,24). The van der Waals surface area contributed by atoms with Gasteiger partial charge < -0.3 is 5.32 Å². The Hall–Kier alpha value is -2.34. The van der Waals surface area contributed by atoms with Gasteiger partial charge in [0, 0.05) is 18.7 Å². The largest absolute Gasteiger partial charge is 0.326 e. The number of hydrogen-bond acceptors (Lipinski definition) is 3. The third-order valence-corrected chi connectivity index (χ3v) is 5.52. The highest BCUT2D eigenvalue weighted by Crippen LogP contribution is 2.22. The molecule has 0 aliphatic carbocycles. The maximum atomic E-state index is 12.3. The molecule has 5 nitrogen and oxygen atoms in total. The van der Waals surface area contributed by atoms with Crippen LogP contribution in [0.3, 0.4) is 0 Å². The molecule has 0 fully saturated rings. The Balaban J connectivity index is 2.03. The average Bonchev–Trinajstić information content (AvgIpc) is 2.53. The summed E-state index contributed by atoms with van der Waals surface area (Å²) in [4.78, 5) is 12.3. The molecule has 0 saturated heterocycles. The molecule has 2 rings (SSSR count). The van der Waals surface area contributed by atoms with Crippen LogP contribution in [0.1, 0.15) is 35.1 Å². The number of anilines is 2. The maximum Gasteiger partial charge on any atom is 0.232 e. The molecule has 1 N–H and O–H groups in total. The monoisotopic (exact) mass is 388 g/mol. The van der Waals surface area contributed by atoms with Crippen molar-refractivity contribution in [3.63, 3.8) is 0 Å². The van der Waals surface area contributed by atoms with Crippen LogP contribution in [0, 0.1) is 27.7 Å². The predicted molar refractivity (Wildman–Crippen MR) is 112 cm³/mol. The van der Waals surface area contributed by atoms with Gasteiger partial charge in [-0.15, -0.1) is 0 Å². The van der Waals surface area contributed by atoms with Crippen molar-refractivity contribution in [2.75, 3.05) is 22.4 Å². The Labute approximate surface area is 162 Å². The number of sulfonamides is 1. The first-order valence-corrected chi connectivity index (χ1v) is 10.8. The van der Waals surface area contributed by atoms with Crippen LogP contribution >= 0.6 is 0 Å². The van der Waals surface area contributed by atoms with Crippen molar-refractivity contribution in [1.29, 1.82) is 0 Å². The van der Waals surface area contributed by atoms with Crippen LogP contribution in [-0.4, -0.2) is 27.1 Å². The van der Waals surface area contributed by atoms with Crippen molar-refractivity contribution in [3.8, 4) is 0 Å². The first kappa shape index (κ1) is 21.0. The van der Waals surface area contributed by atoms with Gasteiger partial charge in [-0.3, -0.25) is 9.10 Å². The molecule has 0 bridgehead atoms. The molecule has 146 valence electrons. The number of nitrogens with one attached hydrogen (secondary N) is 1. The zero-order valence-electron chi connectivity index (χ0n) is 16.7. The summed E-state index contributed by atoms with van der Waals surface area (Å²) in [6.45, 7) is 8.06. The second-order valence-electron chi connectivity index (χ2n) is 7.15. The Morgan fingerprint density at radius 3 is 2.19 bits per heavy atom. The van der Waals surface area contributed by atoms with E-state index in [-0.39, 0.29) is 18.9 Å².